The van der Waals surface area contributed by atoms with E-state index in [9.17, 15) is 0 Å². The van der Waals surface area contributed by atoms with E-state index < -0.39 is 0 Å². The number of hydrogen-bond donors (Lipinski definition) is 0. The summed E-state index contributed by atoms with van der Waals surface area (Å²) in [6.07, 6.45) is 0. The van der Waals surface area contributed by atoms with Crippen molar-refractivity contribution in [3.8, 4) is 11.5 Å². The predicted molar refractivity (Wildman–Crippen MR) is 63.3 cm³/mol. The lowest BCUT2D eigenvalue weighted by atomic mass is 10.0. The van der Waals surface area contributed by atoms with Crippen LogP contribution in [0.3, 0.4) is 0 Å². The molecule has 0 saturated carbocycles. The van der Waals surface area contributed by atoms with Gasteiger partial charge >= 0.3 is 0 Å². The highest BCUT2D eigenvalue weighted by Crippen LogP contribution is 2.41. The Bertz CT molecular complexity index is 348. The molecule has 0 atom stereocenters. The second-order valence-electron chi connectivity index (χ2n) is 3.65. The van der Waals surface area contributed by atoms with E-state index >= 15 is 0 Å². The van der Waals surface area contributed by atoms with Crippen LogP contribution in [0.5, 0.6) is 11.5 Å². The van der Waals surface area contributed by atoms with Gasteiger partial charge in [0, 0.05) is 0 Å². The van der Waals surface area contributed by atoms with Crippen LogP contribution < -0.4 is 9.47 Å². The zero-order valence-corrected chi connectivity index (χ0v) is 9.10. The first-order valence-corrected chi connectivity index (χ1v) is 5.16. The fraction of sp³-hybridized carbons (Fsp3) is 0.500. The third kappa shape index (κ3) is 2.20. The van der Waals surface area contributed by atoms with Gasteiger partial charge in [-0.25, -0.2) is 0 Å². The van der Waals surface area contributed by atoms with Gasteiger partial charge in [0.1, 0.15) is 13.2 Å². The maximum atomic E-state index is 6.22. The van der Waals surface area contributed by atoms with Crippen molar-refractivity contribution in [3.63, 3.8) is 0 Å². The third-order valence-corrected chi connectivity index (χ3v) is 2.69. The summed E-state index contributed by atoms with van der Waals surface area (Å²) in [5.41, 5.74) is 1.11. The van der Waals surface area contributed by atoms with E-state index in [0.717, 1.165) is 11.3 Å². The van der Waals surface area contributed by atoms with Crippen LogP contribution in [0.4, 0.5) is 0 Å². The Morgan fingerprint density at radius 2 is 1.87 bits per heavy atom. The van der Waals surface area contributed by atoms with Gasteiger partial charge in [0.2, 0.25) is 0 Å². The molecule has 0 saturated heterocycles. The number of ether oxygens (including phenoxy) is 2. The van der Waals surface area contributed by atoms with Crippen molar-refractivity contribution in [1.29, 1.82) is 0 Å². The highest BCUT2D eigenvalue weighted by molar-refractivity contribution is 6.33. The molecule has 1 aromatic rings. The first kappa shape index (κ1) is 12.2. The average Bonchev–Trinajstić information content (AvgIpc) is 2.18. The van der Waals surface area contributed by atoms with Gasteiger partial charge in [-0.3, -0.25) is 0 Å². The molecule has 0 unspecified atom stereocenters. The van der Waals surface area contributed by atoms with Gasteiger partial charge in [-0.15, -0.1) is 0 Å². The van der Waals surface area contributed by atoms with Crippen LogP contribution >= 0.6 is 11.6 Å². The zero-order chi connectivity index (χ0) is 10.1. The summed E-state index contributed by atoms with van der Waals surface area (Å²) < 4.78 is 10.9. The average molecular weight is 229 g/mol. The van der Waals surface area contributed by atoms with Gasteiger partial charge in [0.25, 0.3) is 0 Å². The van der Waals surface area contributed by atoms with Crippen LogP contribution in [0.15, 0.2) is 12.1 Å². The normalized spacial score (nSPS) is 13.6. The first-order chi connectivity index (χ1) is 6.70. The largest absolute Gasteiger partial charge is 0.486 e. The maximum Gasteiger partial charge on any atom is 0.180 e. The molecule has 0 amide bonds. The molecule has 2 nitrogen and oxygen atoms in total. The van der Waals surface area contributed by atoms with E-state index in [2.05, 4.69) is 13.8 Å². The standard InChI is InChI=1S/C11H13ClO2.CH4/c1-7(2)8-3-4-9-11(10(8)12)14-6-5-13-9;/h3-4,7H,5-6H2,1-2H3;1H4. The Balaban J connectivity index is 0.00000112. The number of fused-ring (bicyclic) bond motifs is 1. The topological polar surface area (TPSA) is 18.5 Å². The Kier molecular flexibility index (Phi) is 3.86. The molecule has 1 heterocycles. The van der Waals surface area contributed by atoms with Crippen molar-refractivity contribution < 1.29 is 9.47 Å². The highest BCUT2D eigenvalue weighted by Gasteiger charge is 2.18. The second kappa shape index (κ2) is 4.75. The van der Waals surface area contributed by atoms with E-state index in [-0.39, 0.29) is 7.43 Å². The van der Waals surface area contributed by atoms with Crippen LogP contribution in [-0.4, -0.2) is 13.2 Å². The van der Waals surface area contributed by atoms with Crippen LogP contribution in [-0.2, 0) is 0 Å². The Hall–Kier alpha value is -0.890. The molecule has 0 fully saturated rings. The Morgan fingerprint density at radius 3 is 2.53 bits per heavy atom. The van der Waals surface area contributed by atoms with Crippen molar-refractivity contribution >= 4 is 11.6 Å². The monoisotopic (exact) mass is 228 g/mol. The minimum atomic E-state index is 0. The summed E-state index contributed by atoms with van der Waals surface area (Å²) in [7, 11) is 0. The molecule has 0 N–H and O–H groups in total. The molecule has 1 aliphatic rings. The van der Waals surface area contributed by atoms with Gasteiger partial charge in [0.05, 0.1) is 5.02 Å². The molecule has 0 radical (unpaired) electrons. The van der Waals surface area contributed by atoms with Gasteiger partial charge in [-0.1, -0.05) is 38.9 Å². The summed E-state index contributed by atoms with van der Waals surface area (Å²) in [4.78, 5) is 0. The van der Waals surface area contributed by atoms with Crippen molar-refractivity contribution in [2.24, 2.45) is 0 Å². The minimum Gasteiger partial charge on any atom is -0.486 e. The summed E-state index contributed by atoms with van der Waals surface area (Å²) in [5, 5.41) is 0.692. The molecule has 84 valence electrons. The number of benzene rings is 1. The molecule has 2 rings (SSSR count). The molecule has 15 heavy (non-hydrogen) atoms. The smallest absolute Gasteiger partial charge is 0.180 e. The van der Waals surface area contributed by atoms with E-state index in [1.54, 1.807) is 0 Å². The van der Waals surface area contributed by atoms with E-state index in [1.807, 2.05) is 12.1 Å². The molecule has 0 bridgehead atoms. The van der Waals surface area contributed by atoms with Crippen LogP contribution in [0.1, 0.15) is 32.8 Å². The number of hydrogen-bond acceptors (Lipinski definition) is 2. The lowest BCUT2D eigenvalue weighted by Crippen LogP contribution is -2.16. The van der Waals surface area contributed by atoms with Crippen LogP contribution in [0, 0.1) is 0 Å². The minimum absolute atomic E-state index is 0. The van der Waals surface area contributed by atoms with E-state index in [0.29, 0.717) is 29.9 Å². The molecule has 0 aliphatic carbocycles. The Morgan fingerprint density at radius 1 is 1.20 bits per heavy atom. The van der Waals surface area contributed by atoms with E-state index in [1.165, 1.54) is 0 Å². The van der Waals surface area contributed by atoms with Crippen LogP contribution in [0.25, 0.3) is 0 Å². The SMILES string of the molecule is C.CC(C)c1ccc2c(c1Cl)OCCO2. The number of halogens is 1. The summed E-state index contributed by atoms with van der Waals surface area (Å²) in [6.45, 7) is 5.40. The molecule has 3 heteroatoms. The third-order valence-electron chi connectivity index (χ3n) is 2.30. The fourth-order valence-corrected chi connectivity index (χ4v) is 1.97. The molecular formula is C12H17ClO2. The van der Waals surface area contributed by atoms with Gasteiger partial charge < -0.3 is 9.47 Å². The summed E-state index contributed by atoms with van der Waals surface area (Å²) >= 11 is 6.22. The second-order valence-corrected chi connectivity index (χ2v) is 4.03. The zero-order valence-electron chi connectivity index (χ0n) is 8.34. The van der Waals surface area contributed by atoms with Gasteiger partial charge in [-0.2, -0.15) is 0 Å². The highest BCUT2D eigenvalue weighted by atomic mass is 35.5. The molecule has 1 aromatic carbocycles. The van der Waals surface area contributed by atoms with Gasteiger partial charge in [-0.05, 0) is 17.5 Å². The molecule has 0 aromatic heterocycles. The number of rotatable bonds is 1. The summed E-state index contributed by atoms with van der Waals surface area (Å²) in [5.74, 6) is 1.85. The van der Waals surface area contributed by atoms with Crippen molar-refractivity contribution in [1.82, 2.24) is 0 Å². The summed E-state index contributed by atoms with van der Waals surface area (Å²) in [6, 6.07) is 3.93. The maximum absolute atomic E-state index is 6.22. The Labute approximate surface area is 96.2 Å². The molecule has 0 spiro atoms. The lowest BCUT2D eigenvalue weighted by Gasteiger charge is -2.21. The van der Waals surface area contributed by atoms with E-state index in [4.69, 9.17) is 21.1 Å². The van der Waals surface area contributed by atoms with Crippen LogP contribution in [0.2, 0.25) is 5.02 Å². The molecular weight excluding hydrogens is 212 g/mol. The quantitative estimate of drug-likeness (QED) is 0.727. The molecule has 1 aliphatic heterocycles. The lowest BCUT2D eigenvalue weighted by molar-refractivity contribution is 0.171. The van der Waals surface area contributed by atoms with Crippen molar-refractivity contribution in [3.05, 3.63) is 22.7 Å². The van der Waals surface area contributed by atoms with Gasteiger partial charge in [0.15, 0.2) is 11.5 Å². The predicted octanol–water partition coefficient (Wildman–Crippen LogP) is 3.87. The van der Waals surface area contributed by atoms with Crippen molar-refractivity contribution in [2.75, 3.05) is 13.2 Å². The fourth-order valence-electron chi connectivity index (χ4n) is 1.54. The first-order valence-electron chi connectivity index (χ1n) is 4.78. The van der Waals surface area contributed by atoms with Crippen molar-refractivity contribution in [2.45, 2.75) is 27.2 Å².